The molecule has 1 aliphatic heterocycles. The molecular formula is C13H19ClN2O2. The fraction of sp³-hybridized carbons (Fsp3) is 0.538. The van der Waals surface area contributed by atoms with Crippen molar-refractivity contribution in [2.24, 2.45) is 0 Å². The molecule has 0 spiro atoms. The molecule has 1 aliphatic rings. The third kappa shape index (κ3) is 3.36. The number of benzene rings is 1. The minimum atomic E-state index is -0.109. The maximum atomic E-state index is 9.19. The van der Waals surface area contributed by atoms with E-state index in [-0.39, 0.29) is 18.8 Å². The van der Waals surface area contributed by atoms with Crippen LogP contribution in [-0.2, 0) is 11.3 Å². The smallest absolute Gasteiger partial charge is 0.0936 e. The van der Waals surface area contributed by atoms with Crippen LogP contribution in [0, 0.1) is 0 Å². The normalized spacial score (nSPS) is 25.3. The fourth-order valence-corrected chi connectivity index (χ4v) is 2.50. The molecule has 0 amide bonds. The number of aliphatic hydroxyl groups is 1. The van der Waals surface area contributed by atoms with Gasteiger partial charge in [-0.1, -0.05) is 17.7 Å². The summed E-state index contributed by atoms with van der Waals surface area (Å²) in [5.74, 6) is 0. The van der Waals surface area contributed by atoms with E-state index in [2.05, 4.69) is 4.90 Å². The molecule has 2 atom stereocenters. The topological polar surface area (TPSA) is 58.7 Å². The number of hydrogen-bond acceptors (Lipinski definition) is 4. The minimum absolute atomic E-state index is 0.0525. The van der Waals surface area contributed by atoms with Crippen LogP contribution in [0.2, 0.25) is 5.02 Å². The van der Waals surface area contributed by atoms with Crippen LogP contribution in [0.5, 0.6) is 0 Å². The molecular weight excluding hydrogens is 252 g/mol. The molecule has 4 nitrogen and oxygen atoms in total. The third-order valence-electron chi connectivity index (χ3n) is 3.11. The highest BCUT2D eigenvalue weighted by Gasteiger charge is 2.24. The standard InChI is InChI=1S/C13H19ClN2O2/c1-9-5-16(7-12(8-17)18-9)6-10-2-3-11(14)4-13(10)15/h2-4,9,12,17H,5-8,15H2,1H3. The Balaban J connectivity index is 2.04. The summed E-state index contributed by atoms with van der Waals surface area (Å²) in [5.41, 5.74) is 7.72. The number of nitrogen functional groups attached to an aromatic ring is 1. The lowest BCUT2D eigenvalue weighted by molar-refractivity contribution is -0.0972. The van der Waals surface area contributed by atoms with Crippen molar-refractivity contribution in [3.05, 3.63) is 28.8 Å². The summed E-state index contributed by atoms with van der Waals surface area (Å²) >= 11 is 5.88. The van der Waals surface area contributed by atoms with E-state index < -0.39 is 0 Å². The van der Waals surface area contributed by atoms with E-state index in [1.807, 2.05) is 19.1 Å². The maximum absolute atomic E-state index is 9.19. The second kappa shape index (κ2) is 5.89. The first kappa shape index (κ1) is 13.6. The zero-order valence-electron chi connectivity index (χ0n) is 10.5. The SMILES string of the molecule is CC1CN(Cc2ccc(Cl)cc2N)CC(CO)O1. The van der Waals surface area contributed by atoms with Crippen LogP contribution in [0.1, 0.15) is 12.5 Å². The molecule has 1 aromatic rings. The molecule has 0 aromatic heterocycles. The molecule has 100 valence electrons. The van der Waals surface area contributed by atoms with Gasteiger partial charge in [-0.3, -0.25) is 4.90 Å². The number of nitrogens with zero attached hydrogens (tertiary/aromatic N) is 1. The number of ether oxygens (including phenoxy) is 1. The van der Waals surface area contributed by atoms with Gasteiger partial charge in [0.15, 0.2) is 0 Å². The number of morpholine rings is 1. The molecule has 18 heavy (non-hydrogen) atoms. The first-order valence-corrected chi connectivity index (χ1v) is 6.49. The van der Waals surface area contributed by atoms with E-state index in [1.54, 1.807) is 6.07 Å². The van der Waals surface area contributed by atoms with Gasteiger partial charge in [0, 0.05) is 30.3 Å². The van der Waals surface area contributed by atoms with Gasteiger partial charge >= 0.3 is 0 Å². The van der Waals surface area contributed by atoms with Crippen molar-refractivity contribution < 1.29 is 9.84 Å². The van der Waals surface area contributed by atoms with Gasteiger partial charge in [0.25, 0.3) is 0 Å². The van der Waals surface area contributed by atoms with Crippen LogP contribution in [-0.4, -0.2) is 41.9 Å². The van der Waals surface area contributed by atoms with E-state index >= 15 is 0 Å². The zero-order valence-corrected chi connectivity index (χ0v) is 11.2. The highest BCUT2D eigenvalue weighted by molar-refractivity contribution is 6.30. The van der Waals surface area contributed by atoms with Crippen molar-refractivity contribution in [2.75, 3.05) is 25.4 Å². The monoisotopic (exact) mass is 270 g/mol. The van der Waals surface area contributed by atoms with Gasteiger partial charge in [0.2, 0.25) is 0 Å². The minimum Gasteiger partial charge on any atom is -0.398 e. The van der Waals surface area contributed by atoms with Gasteiger partial charge in [-0.25, -0.2) is 0 Å². The number of halogens is 1. The van der Waals surface area contributed by atoms with Gasteiger partial charge in [-0.2, -0.15) is 0 Å². The first-order chi connectivity index (χ1) is 8.58. The number of rotatable bonds is 3. The Morgan fingerprint density at radius 3 is 2.94 bits per heavy atom. The van der Waals surface area contributed by atoms with E-state index in [1.165, 1.54) is 0 Å². The molecule has 0 aliphatic carbocycles. The van der Waals surface area contributed by atoms with Crippen LogP contribution in [0.3, 0.4) is 0 Å². The van der Waals surface area contributed by atoms with E-state index in [0.29, 0.717) is 10.7 Å². The molecule has 1 fully saturated rings. The third-order valence-corrected chi connectivity index (χ3v) is 3.34. The number of nitrogens with two attached hydrogens (primary N) is 1. The van der Waals surface area contributed by atoms with Gasteiger partial charge in [0.05, 0.1) is 18.8 Å². The van der Waals surface area contributed by atoms with E-state index in [9.17, 15) is 5.11 Å². The Kier molecular flexibility index (Phi) is 4.45. The largest absolute Gasteiger partial charge is 0.398 e. The summed E-state index contributed by atoms with van der Waals surface area (Å²) in [7, 11) is 0. The summed E-state index contributed by atoms with van der Waals surface area (Å²) in [6.45, 7) is 4.39. The van der Waals surface area contributed by atoms with E-state index in [0.717, 1.165) is 25.2 Å². The zero-order chi connectivity index (χ0) is 13.1. The van der Waals surface area contributed by atoms with E-state index in [4.69, 9.17) is 22.1 Å². The molecule has 0 radical (unpaired) electrons. The molecule has 1 heterocycles. The average Bonchev–Trinajstić information content (AvgIpc) is 2.32. The first-order valence-electron chi connectivity index (χ1n) is 6.11. The van der Waals surface area contributed by atoms with Crippen molar-refractivity contribution in [1.29, 1.82) is 0 Å². The van der Waals surface area contributed by atoms with Crippen molar-refractivity contribution in [2.45, 2.75) is 25.7 Å². The van der Waals surface area contributed by atoms with Crippen LogP contribution in [0.4, 0.5) is 5.69 Å². The second-order valence-corrected chi connectivity index (χ2v) is 5.22. The quantitative estimate of drug-likeness (QED) is 0.818. The van der Waals surface area contributed by atoms with Crippen molar-refractivity contribution in [3.8, 4) is 0 Å². The molecule has 2 unspecified atom stereocenters. The molecule has 3 N–H and O–H groups in total. The Labute approximate surface area is 112 Å². The summed E-state index contributed by atoms with van der Waals surface area (Å²) in [5, 5.41) is 9.84. The Morgan fingerprint density at radius 2 is 2.28 bits per heavy atom. The van der Waals surface area contributed by atoms with Gasteiger partial charge < -0.3 is 15.6 Å². The van der Waals surface area contributed by atoms with Crippen molar-refractivity contribution >= 4 is 17.3 Å². The van der Waals surface area contributed by atoms with Gasteiger partial charge in [-0.05, 0) is 24.6 Å². The summed E-state index contributed by atoms with van der Waals surface area (Å²) in [4.78, 5) is 2.24. The second-order valence-electron chi connectivity index (χ2n) is 4.79. The predicted molar refractivity (Wildman–Crippen MR) is 72.6 cm³/mol. The summed E-state index contributed by atoms with van der Waals surface area (Å²) in [6.07, 6.45) is 0.0201. The molecule has 2 rings (SSSR count). The van der Waals surface area contributed by atoms with Gasteiger partial charge in [-0.15, -0.1) is 0 Å². The summed E-state index contributed by atoms with van der Waals surface area (Å²) < 4.78 is 5.61. The van der Waals surface area contributed by atoms with Crippen LogP contribution in [0.15, 0.2) is 18.2 Å². The van der Waals surface area contributed by atoms with Crippen molar-refractivity contribution in [1.82, 2.24) is 4.90 Å². The lowest BCUT2D eigenvalue weighted by atomic mass is 10.1. The van der Waals surface area contributed by atoms with Crippen LogP contribution >= 0.6 is 11.6 Å². The predicted octanol–water partition coefficient (Wildman–Crippen LogP) is 1.50. The number of aliphatic hydroxyl groups excluding tert-OH is 1. The average molecular weight is 271 g/mol. The molecule has 0 bridgehead atoms. The Hall–Kier alpha value is -0.810. The van der Waals surface area contributed by atoms with Crippen LogP contribution in [0.25, 0.3) is 0 Å². The maximum Gasteiger partial charge on any atom is 0.0936 e. The molecule has 1 saturated heterocycles. The van der Waals surface area contributed by atoms with Crippen molar-refractivity contribution in [3.63, 3.8) is 0 Å². The van der Waals surface area contributed by atoms with Gasteiger partial charge in [0.1, 0.15) is 0 Å². The number of anilines is 1. The molecule has 5 heteroatoms. The lowest BCUT2D eigenvalue weighted by Crippen LogP contribution is -2.47. The van der Waals surface area contributed by atoms with Crippen LogP contribution < -0.4 is 5.73 Å². The fourth-order valence-electron chi connectivity index (χ4n) is 2.32. The lowest BCUT2D eigenvalue weighted by Gasteiger charge is -2.36. The molecule has 1 aromatic carbocycles. The Bertz CT molecular complexity index is 414. The highest BCUT2D eigenvalue weighted by atomic mass is 35.5. The summed E-state index contributed by atoms with van der Waals surface area (Å²) in [6, 6.07) is 5.57. The molecule has 0 saturated carbocycles. The number of hydrogen-bond donors (Lipinski definition) is 2. The highest BCUT2D eigenvalue weighted by Crippen LogP contribution is 2.21. The Morgan fingerprint density at radius 1 is 1.50 bits per heavy atom.